The lowest BCUT2D eigenvalue weighted by Gasteiger charge is -2.33. The van der Waals surface area contributed by atoms with Crippen LogP contribution in [0.3, 0.4) is 0 Å². The lowest BCUT2D eigenvalue weighted by atomic mass is 10.0. The molecule has 0 aliphatic carbocycles. The zero-order valence-corrected chi connectivity index (χ0v) is 17.2. The first kappa shape index (κ1) is 20.9. The topological polar surface area (TPSA) is 6.48 Å². The molecule has 1 aromatic rings. The third-order valence-corrected chi connectivity index (χ3v) is 5.47. The maximum Gasteiger partial charge on any atom is 0.105 e. The second kappa shape index (κ2) is 12.8. The number of hydrogen-bond acceptors (Lipinski definition) is 2. The van der Waals surface area contributed by atoms with Crippen LogP contribution in [-0.2, 0) is 0 Å². The standard InChI is InChI=1S/C24H40N2/c1-3-5-6-7-8-9-10-11-12-16-19-24-25(20-4-2)21-22-26(24)23-17-14-13-15-18-23/h13-15,17-18,21-22,24H,3-12,16,19-20H2,1-2H3. The highest BCUT2D eigenvalue weighted by Gasteiger charge is 2.26. The van der Waals surface area contributed by atoms with Crippen molar-refractivity contribution in [3.63, 3.8) is 0 Å². The second-order valence-corrected chi connectivity index (χ2v) is 7.73. The van der Waals surface area contributed by atoms with E-state index in [9.17, 15) is 0 Å². The summed E-state index contributed by atoms with van der Waals surface area (Å²) < 4.78 is 0. The first-order chi connectivity index (χ1) is 12.9. The Morgan fingerprint density at radius 3 is 1.92 bits per heavy atom. The molecule has 26 heavy (non-hydrogen) atoms. The fourth-order valence-corrected chi connectivity index (χ4v) is 3.98. The highest BCUT2D eigenvalue weighted by molar-refractivity contribution is 5.51. The van der Waals surface area contributed by atoms with E-state index >= 15 is 0 Å². The van der Waals surface area contributed by atoms with E-state index < -0.39 is 0 Å². The Hall–Kier alpha value is -1.44. The van der Waals surface area contributed by atoms with Crippen molar-refractivity contribution in [2.45, 2.75) is 97.1 Å². The summed E-state index contributed by atoms with van der Waals surface area (Å²) in [4.78, 5) is 4.99. The average molecular weight is 357 g/mol. The summed E-state index contributed by atoms with van der Waals surface area (Å²) in [5, 5.41) is 0. The Bertz CT molecular complexity index is 482. The van der Waals surface area contributed by atoms with Gasteiger partial charge in [-0.2, -0.15) is 0 Å². The molecule has 146 valence electrons. The van der Waals surface area contributed by atoms with Gasteiger partial charge >= 0.3 is 0 Å². The third-order valence-electron chi connectivity index (χ3n) is 5.47. The number of benzene rings is 1. The van der Waals surface area contributed by atoms with E-state index in [1.165, 1.54) is 82.7 Å². The largest absolute Gasteiger partial charge is 0.356 e. The Balaban J connectivity index is 1.66. The lowest BCUT2D eigenvalue weighted by molar-refractivity contribution is 0.279. The van der Waals surface area contributed by atoms with E-state index in [1.807, 2.05) is 0 Å². The monoisotopic (exact) mass is 356 g/mol. The molecule has 2 heteroatoms. The van der Waals surface area contributed by atoms with Gasteiger partial charge in [0, 0.05) is 24.6 Å². The number of nitrogens with zero attached hydrogens (tertiary/aromatic N) is 2. The number of rotatable bonds is 14. The van der Waals surface area contributed by atoms with Crippen molar-refractivity contribution in [3.05, 3.63) is 42.7 Å². The van der Waals surface area contributed by atoms with Crippen LogP contribution >= 0.6 is 0 Å². The number of para-hydroxylation sites is 1. The summed E-state index contributed by atoms with van der Waals surface area (Å²) in [6, 6.07) is 10.8. The Labute approximate surface area is 162 Å². The van der Waals surface area contributed by atoms with Crippen molar-refractivity contribution < 1.29 is 0 Å². The zero-order chi connectivity index (χ0) is 18.5. The van der Waals surface area contributed by atoms with Crippen molar-refractivity contribution in [2.24, 2.45) is 0 Å². The molecular weight excluding hydrogens is 316 g/mol. The molecule has 1 unspecified atom stereocenters. The van der Waals surface area contributed by atoms with Crippen LogP contribution in [0.2, 0.25) is 0 Å². The second-order valence-electron chi connectivity index (χ2n) is 7.73. The molecule has 0 radical (unpaired) electrons. The average Bonchev–Trinajstić information content (AvgIpc) is 3.07. The molecule has 0 saturated carbocycles. The van der Waals surface area contributed by atoms with Crippen LogP contribution in [0.5, 0.6) is 0 Å². The highest BCUT2D eigenvalue weighted by Crippen LogP contribution is 2.28. The van der Waals surface area contributed by atoms with Crippen molar-refractivity contribution in [1.29, 1.82) is 0 Å². The molecule has 0 saturated heterocycles. The minimum atomic E-state index is 0.506. The Kier molecular flexibility index (Phi) is 10.3. The zero-order valence-electron chi connectivity index (χ0n) is 17.2. The summed E-state index contributed by atoms with van der Waals surface area (Å²) >= 11 is 0. The number of hydrogen-bond donors (Lipinski definition) is 0. The van der Waals surface area contributed by atoms with Crippen LogP contribution in [0.4, 0.5) is 5.69 Å². The Morgan fingerprint density at radius 1 is 0.692 bits per heavy atom. The van der Waals surface area contributed by atoms with Gasteiger partial charge in [-0.25, -0.2) is 0 Å². The van der Waals surface area contributed by atoms with Gasteiger partial charge in [-0.3, -0.25) is 0 Å². The predicted octanol–water partition coefficient (Wildman–Crippen LogP) is 7.33. The van der Waals surface area contributed by atoms with E-state index in [-0.39, 0.29) is 0 Å². The molecule has 1 atom stereocenters. The van der Waals surface area contributed by atoms with Crippen molar-refractivity contribution in [3.8, 4) is 0 Å². The van der Waals surface area contributed by atoms with Crippen molar-refractivity contribution >= 4 is 5.69 Å². The summed E-state index contributed by atoms with van der Waals surface area (Å²) in [5.74, 6) is 0. The maximum atomic E-state index is 2.53. The van der Waals surface area contributed by atoms with Crippen LogP contribution in [0.25, 0.3) is 0 Å². The van der Waals surface area contributed by atoms with Gasteiger partial charge in [-0.1, -0.05) is 89.8 Å². The maximum absolute atomic E-state index is 2.53. The van der Waals surface area contributed by atoms with Gasteiger partial charge in [0.05, 0.1) is 0 Å². The van der Waals surface area contributed by atoms with Crippen LogP contribution in [0.15, 0.2) is 42.7 Å². The fourth-order valence-electron chi connectivity index (χ4n) is 3.98. The fraction of sp³-hybridized carbons (Fsp3) is 0.667. The quantitative estimate of drug-likeness (QED) is 0.322. The SMILES string of the molecule is CCCCCCCCCCCCC1N(CCC)C=CN1c1ccccc1. The van der Waals surface area contributed by atoms with E-state index in [2.05, 4.69) is 66.4 Å². The van der Waals surface area contributed by atoms with Crippen LogP contribution in [0.1, 0.15) is 90.9 Å². The Morgan fingerprint density at radius 2 is 1.31 bits per heavy atom. The minimum absolute atomic E-state index is 0.506. The van der Waals surface area contributed by atoms with E-state index in [4.69, 9.17) is 0 Å². The minimum Gasteiger partial charge on any atom is -0.356 e. The molecule has 1 aromatic carbocycles. The normalized spacial score (nSPS) is 16.6. The lowest BCUT2D eigenvalue weighted by Crippen LogP contribution is -2.39. The highest BCUT2D eigenvalue weighted by atomic mass is 15.4. The molecule has 0 N–H and O–H groups in total. The summed E-state index contributed by atoms with van der Waals surface area (Å²) in [7, 11) is 0. The molecule has 0 bridgehead atoms. The molecule has 1 heterocycles. The predicted molar refractivity (Wildman–Crippen MR) is 115 cm³/mol. The van der Waals surface area contributed by atoms with Gasteiger partial charge in [-0.15, -0.1) is 0 Å². The smallest absolute Gasteiger partial charge is 0.105 e. The van der Waals surface area contributed by atoms with Gasteiger partial charge in [0.15, 0.2) is 0 Å². The van der Waals surface area contributed by atoms with Crippen LogP contribution in [-0.4, -0.2) is 17.6 Å². The van der Waals surface area contributed by atoms with Gasteiger partial charge in [0.2, 0.25) is 0 Å². The first-order valence-electron chi connectivity index (χ1n) is 11.1. The van der Waals surface area contributed by atoms with Crippen LogP contribution in [0, 0.1) is 0 Å². The molecule has 2 rings (SSSR count). The number of unbranched alkanes of at least 4 members (excludes halogenated alkanes) is 9. The molecular formula is C24H40N2. The van der Waals surface area contributed by atoms with Crippen molar-refractivity contribution in [2.75, 3.05) is 11.4 Å². The molecule has 0 amide bonds. The van der Waals surface area contributed by atoms with Gasteiger partial charge in [-0.05, 0) is 31.4 Å². The summed E-state index contributed by atoms with van der Waals surface area (Å²) in [5.41, 5.74) is 1.32. The molecule has 1 aliphatic heterocycles. The van der Waals surface area contributed by atoms with Gasteiger partial charge in [0.1, 0.15) is 6.17 Å². The number of anilines is 1. The van der Waals surface area contributed by atoms with Gasteiger partial charge in [0.25, 0.3) is 0 Å². The van der Waals surface area contributed by atoms with E-state index in [0.29, 0.717) is 6.17 Å². The molecule has 2 nitrogen and oxygen atoms in total. The van der Waals surface area contributed by atoms with Crippen molar-refractivity contribution in [1.82, 2.24) is 4.90 Å². The van der Waals surface area contributed by atoms with E-state index in [0.717, 1.165) is 6.54 Å². The van der Waals surface area contributed by atoms with Crippen LogP contribution < -0.4 is 4.90 Å². The summed E-state index contributed by atoms with van der Waals surface area (Å²) in [6.07, 6.45) is 21.6. The molecule has 0 spiro atoms. The molecule has 0 fully saturated rings. The summed E-state index contributed by atoms with van der Waals surface area (Å²) in [6.45, 7) is 5.72. The van der Waals surface area contributed by atoms with E-state index in [1.54, 1.807) is 0 Å². The molecule has 0 aromatic heterocycles. The third kappa shape index (κ3) is 7.05. The molecule has 1 aliphatic rings. The van der Waals surface area contributed by atoms with Gasteiger partial charge < -0.3 is 9.80 Å². The first-order valence-corrected chi connectivity index (χ1v) is 11.1.